The fourth-order valence-electron chi connectivity index (χ4n) is 2.96. The smallest absolute Gasteiger partial charge is 0.164 e. The third-order valence-electron chi connectivity index (χ3n) is 3.88. The molecule has 1 aliphatic carbocycles. The molecule has 0 unspecified atom stereocenters. The van der Waals surface area contributed by atoms with Gasteiger partial charge in [-0.1, -0.05) is 19.3 Å². The molecule has 0 radical (unpaired) electrons. The zero-order valence-corrected chi connectivity index (χ0v) is 11.0. The lowest BCUT2D eigenvalue weighted by atomic mass is 9.82. The van der Waals surface area contributed by atoms with E-state index >= 15 is 0 Å². The Kier molecular flexibility index (Phi) is 2.59. The van der Waals surface area contributed by atoms with Gasteiger partial charge in [0.1, 0.15) is 5.82 Å². The van der Waals surface area contributed by atoms with E-state index in [1.807, 2.05) is 24.3 Å². The summed E-state index contributed by atoms with van der Waals surface area (Å²) in [4.78, 5) is 4.49. The molecule has 0 amide bonds. The maximum absolute atomic E-state index is 6.55. The Morgan fingerprint density at radius 3 is 2.61 bits per heavy atom. The molecule has 96 valence electrons. The molecule has 2 N–H and O–H groups in total. The summed E-state index contributed by atoms with van der Waals surface area (Å²) in [6, 6.07) is 1.95. The molecule has 2 aromatic rings. The minimum Gasteiger partial charge on any atom is -0.319 e. The molecule has 0 atom stereocenters. The van der Waals surface area contributed by atoms with Crippen LogP contribution >= 0.6 is 0 Å². The second-order valence-corrected chi connectivity index (χ2v) is 5.38. The van der Waals surface area contributed by atoms with E-state index in [0.29, 0.717) is 0 Å². The average molecular weight is 245 g/mol. The Hall–Kier alpha value is -1.49. The molecule has 1 fully saturated rings. The molecule has 0 bridgehead atoms. The molecule has 0 aromatic carbocycles. The molecule has 0 spiro atoms. The highest BCUT2D eigenvalue weighted by molar-refractivity contribution is 5.41. The van der Waals surface area contributed by atoms with Crippen LogP contribution in [0.1, 0.15) is 49.4 Å². The Morgan fingerprint density at radius 1 is 1.17 bits per heavy atom. The van der Waals surface area contributed by atoms with E-state index in [2.05, 4.69) is 15.2 Å². The van der Waals surface area contributed by atoms with Gasteiger partial charge in [0, 0.05) is 11.8 Å². The van der Waals surface area contributed by atoms with Crippen molar-refractivity contribution >= 4 is 5.65 Å². The predicted octanol–water partition coefficient (Wildman–Crippen LogP) is 1.86. The predicted molar refractivity (Wildman–Crippen MR) is 69.2 cm³/mol. The summed E-state index contributed by atoms with van der Waals surface area (Å²) < 4.78 is 2.01. The topological polar surface area (TPSA) is 69.1 Å². The third-order valence-corrected chi connectivity index (χ3v) is 3.88. The van der Waals surface area contributed by atoms with E-state index in [-0.39, 0.29) is 5.54 Å². The second kappa shape index (κ2) is 4.02. The van der Waals surface area contributed by atoms with Crippen molar-refractivity contribution < 1.29 is 0 Å². The summed E-state index contributed by atoms with van der Waals surface area (Å²) >= 11 is 0. The summed E-state index contributed by atoms with van der Waals surface area (Å²) in [7, 11) is 0. The van der Waals surface area contributed by atoms with Gasteiger partial charge in [-0.15, -0.1) is 10.2 Å². The van der Waals surface area contributed by atoms with Crippen LogP contribution in [-0.2, 0) is 5.54 Å². The zero-order chi connectivity index (χ0) is 12.8. The largest absolute Gasteiger partial charge is 0.319 e. The van der Waals surface area contributed by atoms with E-state index in [1.165, 1.54) is 19.3 Å². The van der Waals surface area contributed by atoms with Crippen LogP contribution in [0.15, 0.2) is 6.07 Å². The van der Waals surface area contributed by atoms with Gasteiger partial charge in [-0.25, -0.2) is 4.98 Å². The van der Waals surface area contributed by atoms with Gasteiger partial charge in [0.2, 0.25) is 0 Å². The van der Waals surface area contributed by atoms with E-state index in [9.17, 15) is 0 Å². The van der Waals surface area contributed by atoms with Crippen molar-refractivity contribution in [2.45, 2.75) is 51.5 Å². The molecule has 2 heterocycles. The van der Waals surface area contributed by atoms with Crippen LogP contribution in [0.2, 0.25) is 0 Å². The van der Waals surface area contributed by atoms with Gasteiger partial charge in [-0.05, 0) is 26.7 Å². The summed E-state index contributed by atoms with van der Waals surface area (Å²) in [5.41, 5.74) is 8.03. The molecule has 1 aliphatic rings. The summed E-state index contributed by atoms with van der Waals surface area (Å²) in [5, 5.41) is 8.59. The number of hydrogen-bond acceptors (Lipinski definition) is 4. The van der Waals surface area contributed by atoms with E-state index in [0.717, 1.165) is 35.8 Å². The lowest BCUT2D eigenvalue weighted by molar-refractivity contribution is 0.284. The fourth-order valence-corrected chi connectivity index (χ4v) is 2.96. The van der Waals surface area contributed by atoms with E-state index < -0.39 is 0 Å². The van der Waals surface area contributed by atoms with Gasteiger partial charge in [0.25, 0.3) is 0 Å². The number of aryl methyl sites for hydroxylation is 2. The average Bonchev–Trinajstić information content (AvgIpc) is 2.74. The summed E-state index contributed by atoms with van der Waals surface area (Å²) in [5.74, 6) is 1.79. The standard InChI is InChI=1S/C13H19N5/c1-9-8-11-16-17-12(18(11)10(2)15-9)13(14)6-4-3-5-7-13/h8H,3-7,14H2,1-2H3. The lowest BCUT2D eigenvalue weighted by Crippen LogP contribution is -2.40. The molecule has 3 rings (SSSR count). The van der Waals surface area contributed by atoms with Crippen molar-refractivity contribution in [1.29, 1.82) is 0 Å². The van der Waals surface area contributed by atoms with Crippen LogP contribution in [0, 0.1) is 13.8 Å². The normalized spacial score (nSPS) is 19.3. The van der Waals surface area contributed by atoms with Crippen LogP contribution in [-0.4, -0.2) is 19.6 Å². The van der Waals surface area contributed by atoms with Crippen LogP contribution in [0.4, 0.5) is 0 Å². The molecular formula is C13H19N5. The minimum absolute atomic E-state index is 0.334. The van der Waals surface area contributed by atoms with Crippen molar-refractivity contribution in [3.8, 4) is 0 Å². The summed E-state index contributed by atoms with van der Waals surface area (Å²) in [6.07, 6.45) is 5.59. The Labute approximate surface area is 106 Å². The van der Waals surface area contributed by atoms with Crippen molar-refractivity contribution in [2.75, 3.05) is 0 Å². The highest BCUT2D eigenvalue weighted by Crippen LogP contribution is 2.34. The van der Waals surface area contributed by atoms with Crippen LogP contribution < -0.4 is 5.73 Å². The minimum atomic E-state index is -0.334. The van der Waals surface area contributed by atoms with Crippen LogP contribution in [0.3, 0.4) is 0 Å². The van der Waals surface area contributed by atoms with Gasteiger partial charge in [-0.2, -0.15) is 0 Å². The molecule has 0 saturated heterocycles. The van der Waals surface area contributed by atoms with Crippen molar-refractivity contribution in [2.24, 2.45) is 5.73 Å². The number of nitrogens with zero attached hydrogens (tertiary/aromatic N) is 4. The number of aromatic nitrogens is 4. The maximum atomic E-state index is 6.55. The molecule has 5 nitrogen and oxygen atoms in total. The van der Waals surface area contributed by atoms with E-state index in [4.69, 9.17) is 5.73 Å². The second-order valence-electron chi connectivity index (χ2n) is 5.38. The number of nitrogens with two attached hydrogens (primary N) is 1. The Bertz CT molecular complexity index is 580. The van der Waals surface area contributed by atoms with Crippen LogP contribution in [0.25, 0.3) is 5.65 Å². The van der Waals surface area contributed by atoms with Crippen molar-refractivity contribution in [3.63, 3.8) is 0 Å². The van der Waals surface area contributed by atoms with Crippen molar-refractivity contribution in [1.82, 2.24) is 19.6 Å². The first-order valence-electron chi connectivity index (χ1n) is 6.59. The first kappa shape index (κ1) is 11.6. The number of hydrogen-bond donors (Lipinski definition) is 1. The highest BCUT2D eigenvalue weighted by atomic mass is 15.3. The van der Waals surface area contributed by atoms with Crippen molar-refractivity contribution in [3.05, 3.63) is 23.4 Å². The van der Waals surface area contributed by atoms with Gasteiger partial charge in [-0.3, -0.25) is 4.40 Å². The molecule has 0 aliphatic heterocycles. The lowest BCUT2D eigenvalue weighted by Gasteiger charge is -2.31. The molecule has 18 heavy (non-hydrogen) atoms. The third kappa shape index (κ3) is 1.70. The van der Waals surface area contributed by atoms with Crippen LogP contribution in [0.5, 0.6) is 0 Å². The van der Waals surface area contributed by atoms with Gasteiger partial charge in [0.05, 0.1) is 5.54 Å². The molecule has 5 heteroatoms. The first-order chi connectivity index (χ1) is 8.60. The zero-order valence-electron chi connectivity index (χ0n) is 11.0. The molecular weight excluding hydrogens is 226 g/mol. The molecule has 1 saturated carbocycles. The van der Waals surface area contributed by atoms with Gasteiger partial charge < -0.3 is 5.73 Å². The van der Waals surface area contributed by atoms with E-state index in [1.54, 1.807) is 0 Å². The Balaban J connectivity index is 2.17. The number of rotatable bonds is 1. The maximum Gasteiger partial charge on any atom is 0.164 e. The number of fused-ring (bicyclic) bond motifs is 1. The summed E-state index contributed by atoms with van der Waals surface area (Å²) in [6.45, 7) is 3.96. The quantitative estimate of drug-likeness (QED) is 0.832. The SMILES string of the molecule is Cc1cc2nnc(C3(N)CCCCC3)n2c(C)n1. The highest BCUT2D eigenvalue weighted by Gasteiger charge is 2.34. The first-order valence-corrected chi connectivity index (χ1v) is 6.59. The fraction of sp³-hybridized carbons (Fsp3) is 0.615. The Morgan fingerprint density at radius 2 is 1.89 bits per heavy atom. The van der Waals surface area contributed by atoms with Gasteiger partial charge in [0.15, 0.2) is 11.5 Å². The molecule has 2 aromatic heterocycles. The monoisotopic (exact) mass is 245 g/mol. The van der Waals surface area contributed by atoms with Gasteiger partial charge >= 0.3 is 0 Å².